The number of hydrogen-bond acceptors (Lipinski definition) is 6. The van der Waals surface area contributed by atoms with Gasteiger partial charge in [0.15, 0.2) is 0 Å². The highest BCUT2D eigenvalue weighted by Gasteiger charge is 2.44. The third kappa shape index (κ3) is 13.2. The van der Waals surface area contributed by atoms with E-state index in [0.717, 1.165) is 36.8 Å². The largest absolute Gasteiger partial charge is 0.466 e. The molecular weight excluding hydrogens is 609 g/mol. The second-order valence-electron chi connectivity index (χ2n) is 11.6. The molecule has 0 saturated carbocycles. The first-order chi connectivity index (χ1) is 22.6. The molecule has 6 nitrogen and oxygen atoms in total. The van der Waals surface area contributed by atoms with Crippen LogP contribution in [0.4, 0.5) is 13.2 Å². The molecule has 0 fully saturated rings. The minimum absolute atomic E-state index is 0.00880. The summed E-state index contributed by atoms with van der Waals surface area (Å²) in [5.41, 5.74) is 3.40. The van der Waals surface area contributed by atoms with Crippen LogP contribution in [-0.4, -0.2) is 36.8 Å². The molecule has 0 heterocycles. The molecule has 3 rings (SSSR count). The third-order valence-corrected chi connectivity index (χ3v) is 7.75. The van der Waals surface area contributed by atoms with E-state index >= 15 is 0 Å². The van der Waals surface area contributed by atoms with Gasteiger partial charge in [0, 0.05) is 0 Å². The van der Waals surface area contributed by atoms with Crippen LogP contribution in [0.2, 0.25) is 0 Å². The lowest BCUT2D eigenvalue weighted by molar-refractivity contribution is -0.210. The number of hydrogen-bond donors (Lipinski definition) is 0. The van der Waals surface area contributed by atoms with E-state index in [1.807, 2.05) is 19.1 Å². The highest BCUT2D eigenvalue weighted by atomic mass is 19.4. The van der Waals surface area contributed by atoms with Gasteiger partial charge in [0.05, 0.1) is 24.2 Å². The van der Waals surface area contributed by atoms with Gasteiger partial charge in [-0.05, 0) is 72.4 Å². The summed E-state index contributed by atoms with van der Waals surface area (Å²) in [7, 11) is 0. The van der Waals surface area contributed by atoms with Crippen molar-refractivity contribution in [3.05, 3.63) is 89.5 Å². The molecule has 0 amide bonds. The molecule has 0 spiro atoms. The normalized spacial score (nSPS) is 11.9. The van der Waals surface area contributed by atoms with Gasteiger partial charge in [-0.25, -0.2) is 9.59 Å². The second-order valence-corrected chi connectivity index (χ2v) is 11.6. The molecule has 9 heteroatoms. The maximum Gasteiger partial charge on any atom is 0.426 e. The minimum Gasteiger partial charge on any atom is -0.466 e. The van der Waals surface area contributed by atoms with Gasteiger partial charge in [-0.2, -0.15) is 13.2 Å². The third-order valence-electron chi connectivity index (χ3n) is 7.75. The number of carbonyl (C=O) groups excluding carboxylic acids is 3. The molecule has 0 aliphatic carbocycles. The summed E-state index contributed by atoms with van der Waals surface area (Å²) in [6.45, 7) is 4.23. The Balaban J connectivity index is 1.50. The molecule has 254 valence electrons. The molecule has 0 radical (unpaired) electrons. The Morgan fingerprint density at radius 2 is 1.15 bits per heavy atom. The van der Waals surface area contributed by atoms with Crippen molar-refractivity contribution in [2.24, 2.45) is 0 Å². The van der Waals surface area contributed by atoms with E-state index in [1.165, 1.54) is 68.4 Å². The number of carbonyl (C=O) groups is 3. The first-order valence-electron chi connectivity index (χ1n) is 16.6. The molecule has 1 atom stereocenters. The molecule has 0 aliphatic heterocycles. The van der Waals surface area contributed by atoms with Crippen molar-refractivity contribution in [2.75, 3.05) is 6.61 Å². The molecule has 3 aromatic carbocycles. The van der Waals surface area contributed by atoms with Crippen LogP contribution in [0.3, 0.4) is 0 Å². The lowest BCUT2D eigenvalue weighted by Gasteiger charge is -2.20. The smallest absolute Gasteiger partial charge is 0.426 e. The van der Waals surface area contributed by atoms with Gasteiger partial charge < -0.3 is 14.2 Å². The van der Waals surface area contributed by atoms with Crippen molar-refractivity contribution < 1.29 is 41.8 Å². The molecule has 0 N–H and O–H groups in total. The Morgan fingerprint density at radius 1 is 0.638 bits per heavy atom. The van der Waals surface area contributed by atoms with E-state index in [2.05, 4.69) is 35.9 Å². The maximum absolute atomic E-state index is 13.5. The zero-order chi connectivity index (χ0) is 34.1. The van der Waals surface area contributed by atoms with Crippen LogP contribution in [0, 0.1) is 0 Å². The number of esters is 3. The van der Waals surface area contributed by atoms with Gasteiger partial charge >= 0.3 is 24.1 Å². The Labute approximate surface area is 275 Å². The van der Waals surface area contributed by atoms with Crippen molar-refractivity contribution in [3.8, 4) is 16.9 Å². The van der Waals surface area contributed by atoms with E-state index in [-0.39, 0.29) is 17.9 Å². The first kappa shape index (κ1) is 37.3. The van der Waals surface area contributed by atoms with Gasteiger partial charge in [-0.3, -0.25) is 4.79 Å². The molecule has 0 saturated heterocycles. The molecular formula is C38H45F3O6. The second kappa shape index (κ2) is 19.5. The number of alkyl halides is 3. The van der Waals surface area contributed by atoms with E-state index < -0.39 is 36.6 Å². The molecule has 0 bridgehead atoms. The monoisotopic (exact) mass is 654 g/mol. The number of benzene rings is 3. The summed E-state index contributed by atoms with van der Waals surface area (Å²) in [6, 6.07) is 20.3. The zero-order valence-electron chi connectivity index (χ0n) is 27.3. The van der Waals surface area contributed by atoms with Crippen LogP contribution in [0.25, 0.3) is 11.1 Å². The number of rotatable bonds is 19. The van der Waals surface area contributed by atoms with Crippen LogP contribution < -0.4 is 4.74 Å². The Bertz CT molecular complexity index is 1380. The molecule has 47 heavy (non-hydrogen) atoms. The fraction of sp³-hybridized carbons (Fsp3) is 0.447. The van der Waals surface area contributed by atoms with Gasteiger partial charge in [-0.1, -0.05) is 102 Å². The van der Waals surface area contributed by atoms with Crippen LogP contribution in [-0.2, 0) is 20.7 Å². The highest BCUT2D eigenvalue weighted by molar-refractivity contribution is 5.92. The molecule has 0 aromatic heterocycles. The average Bonchev–Trinajstić information content (AvgIpc) is 3.06. The van der Waals surface area contributed by atoms with Crippen LogP contribution in [0.1, 0.15) is 111 Å². The lowest BCUT2D eigenvalue weighted by atomic mass is 10.00. The maximum atomic E-state index is 13.5. The van der Waals surface area contributed by atoms with E-state index in [9.17, 15) is 27.6 Å². The summed E-state index contributed by atoms with van der Waals surface area (Å²) in [5, 5.41) is 0. The van der Waals surface area contributed by atoms with E-state index in [4.69, 9.17) is 9.47 Å². The molecule has 0 aliphatic rings. The Hall–Kier alpha value is -4.14. The Morgan fingerprint density at radius 3 is 1.74 bits per heavy atom. The number of unbranched alkanes of at least 4 members (excludes halogenated alkanes) is 8. The highest BCUT2D eigenvalue weighted by Crippen LogP contribution is 2.27. The van der Waals surface area contributed by atoms with Crippen LogP contribution >= 0.6 is 0 Å². The lowest BCUT2D eigenvalue weighted by Crippen LogP contribution is -2.36. The van der Waals surface area contributed by atoms with Crippen LogP contribution in [0.15, 0.2) is 72.8 Å². The van der Waals surface area contributed by atoms with E-state index in [1.54, 1.807) is 12.1 Å². The minimum atomic E-state index is -4.96. The van der Waals surface area contributed by atoms with Gasteiger partial charge in [0.25, 0.3) is 0 Å². The molecule has 3 aromatic rings. The van der Waals surface area contributed by atoms with Crippen molar-refractivity contribution in [3.63, 3.8) is 0 Å². The number of aryl methyl sites for hydroxylation is 1. The summed E-state index contributed by atoms with van der Waals surface area (Å²) in [4.78, 5) is 37.1. The standard InChI is InChI=1S/C38H45F3O6/c1-3-5-7-9-10-11-13-28-14-16-29(17-15-28)30-18-20-31(21-19-30)36(43)46-33-24-22-32(23-25-33)37(44)47-34(38(39,40)41)27-35(42)45-26-12-8-6-4-2/h14-25,34H,3-13,26-27H2,1-2H3. The number of halogens is 3. The summed E-state index contributed by atoms with van der Waals surface area (Å²) in [5.74, 6) is -2.90. The van der Waals surface area contributed by atoms with Gasteiger partial charge in [0.2, 0.25) is 6.10 Å². The van der Waals surface area contributed by atoms with E-state index in [0.29, 0.717) is 12.0 Å². The van der Waals surface area contributed by atoms with Gasteiger partial charge in [-0.15, -0.1) is 0 Å². The predicted octanol–water partition coefficient (Wildman–Crippen LogP) is 10.1. The topological polar surface area (TPSA) is 78.9 Å². The number of ether oxygens (including phenoxy) is 3. The van der Waals surface area contributed by atoms with Crippen molar-refractivity contribution in [2.45, 2.75) is 103 Å². The quantitative estimate of drug-likeness (QED) is 0.0727. The molecule has 1 unspecified atom stereocenters. The fourth-order valence-corrected chi connectivity index (χ4v) is 4.94. The fourth-order valence-electron chi connectivity index (χ4n) is 4.94. The predicted molar refractivity (Wildman–Crippen MR) is 175 cm³/mol. The summed E-state index contributed by atoms with van der Waals surface area (Å²) in [6.07, 6.45) is 3.12. The first-order valence-corrected chi connectivity index (χ1v) is 16.6. The van der Waals surface area contributed by atoms with Crippen LogP contribution in [0.5, 0.6) is 5.75 Å². The van der Waals surface area contributed by atoms with Crippen molar-refractivity contribution >= 4 is 17.9 Å². The van der Waals surface area contributed by atoms with Gasteiger partial charge in [0.1, 0.15) is 5.75 Å². The van der Waals surface area contributed by atoms with Crippen molar-refractivity contribution in [1.29, 1.82) is 0 Å². The summed E-state index contributed by atoms with van der Waals surface area (Å²) < 4.78 is 55.3. The summed E-state index contributed by atoms with van der Waals surface area (Å²) >= 11 is 0. The SMILES string of the molecule is CCCCCCCCc1ccc(-c2ccc(C(=O)Oc3ccc(C(=O)OC(CC(=O)OCCCCCC)C(F)(F)F)cc3)cc2)cc1. The zero-order valence-corrected chi connectivity index (χ0v) is 27.3. The van der Waals surface area contributed by atoms with Crippen molar-refractivity contribution in [1.82, 2.24) is 0 Å². The Kier molecular flexibility index (Phi) is 15.5. The average molecular weight is 655 g/mol.